The van der Waals surface area contributed by atoms with Crippen LogP contribution in [0, 0.1) is 0 Å². The van der Waals surface area contributed by atoms with E-state index in [0.29, 0.717) is 12.2 Å². The van der Waals surface area contributed by atoms with Gasteiger partial charge in [0.25, 0.3) is 0 Å². The van der Waals surface area contributed by atoms with Crippen LogP contribution in [0.2, 0.25) is 0 Å². The van der Waals surface area contributed by atoms with Crippen molar-refractivity contribution in [3.05, 3.63) is 47.8 Å². The standard InChI is InChI=1S/C14H15N3O/c1-2-17-13(7-8-16-17)14(18)11-9-15-12-6-4-3-5-10(11)12/h3-8,11,15H,2,9H2,1H3. The Labute approximate surface area is 106 Å². The Balaban J connectivity index is 1.96. The fourth-order valence-corrected chi connectivity index (χ4v) is 2.49. The molecule has 1 aromatic heterocycles. The number of fused-ring (bicyclic) bond motifs is 1. The Hall–Kier alpha value is -2.10. The lowest BCUT2D eigenvalue weighted by molar-refractivity contribution is 0.0956. The van der Waals surface area contributed by atoms with Crippen molar-refractivity contribution in [3.8, 4) is 0 Å². The zero-order valence-electron chi connectivity index (χ0n) is 10.3. The van der Waals surface area contributed by atoms with E-state index < -0.39 is 0 Å². The normalized spacial score (nSPS) is 17.3. The van der Waals surface area contributed by atoms with Crippen LogP contribution in [0.5, 0.6) is 0 Å². The number of carbonyl (C=O) groups excluding carboxylic acids is 1. The number of benzene rings is 1. The van der Waals surface area contributed by atoms with Crippen molar-refractivity contribution in [1.29, 1.82) is 0 Å². The van der Waals surface area contributed by atoms with Crippen LogP contribution in [-0.4, -0.2) is 22.1 Å². The van der Waals surface area contributed by atoms with Gasteiger partial charge >= 0.3 is 0 Å². The third kappa shape index (κ3) is 1.61. The molecule has 0 aliphatic carbocycles. The largest absolute Gasteiger partial charge is 0.384 e. The van der Waals surface area contributed by atoms with Gasteiger partial charge in [0.15, 0.2) is 5.78 Å². The van der Waals surface area contributed by atoms with Crippen LogP contribution in [-0.2, 0) is 6.54 Å². The maximum absolute atomic E-state index is 12.5. The zero-order valence-corrected chi connectivity index (χ0v) is 10.3. The molecule has 92 valence electrons. The number of nitrogens with one attached hydrogen (secondary N) is 1. The van der Waals surface area contributed by atoms with Crippen molar-refractivity contribution in [2.24, 2.45) is 0 Å². The van der Waals surface area contributed by atoms with Gasteiger partial charge in [0.2, 0.25) is 0 Å². The third-order valence-electron chi connectivity index (χ3n) is 3.42. The third-order valence-corrected chi connectivity index (χ3v) is 3.42. The van der Waals surface area contributed by atoms with Crippen LogP contribution in [0.25, 0.3) is 0 Å². The Kier molecular flexibility index (Phi) is 2.63. The van der Waals surface area contributed by atoms with E-state index in [-0.39, 0.29) is 11.7 Å². The predicted octanol–water partition coefficient (Wildman–Crippen LogP) is 2.29. The van der Waals surface area contributed by atoms with E-state index in [0.717, 1.165) is 17.8 Å². The molecule has 0 saturated carbocycles. The van der Waals surface area contributed by atoms with Crippen molar-refractivity contribution in [3.63, 3.8) is 0 Å². The number of carbonyl (C=O) groups is 1. The van der Waals surface area contributed by atoms with Crippen LogP contribution in [0.15, 0.2) is 36.5 Å². The fourth-order valence-electron chi connectivity index (χ4n) is 2.49. The second-order valence-corrected chi connectivity index (χ2v) is 4.42. The molecule has 0 saturated heterocycles. The number of para-hydroxylation sites is 1. The number of anilines is 1. The average molecular weight is 241 g/mol. The molecule has 1 atom stereocenters. The molecule has 1 N–H and O–H groups in total. The number of hydrogen-bond donors (Lipinski definition) is 1. The highest BCUT2D eigenvalue weighted by atomic mass is 16.1. The van der Waals surface area contributed by atoms with Gasteiger partial charge in [-0.25, -0.2) is 0 Å². The molecule has 0 bridgehead atoms. The summed E-state index contributed by atoms with van der Waals surface area (Å²) >= 11 is 0. The smallest absolute Gasteiger partial charge is 0.190 e. The zero-order chi connectivity index (χ0) is 12.5. The number of nitrogens with zero attached hydrogens (tertiary/aromatic N) is 2. The Bertz CT molecular complexity index is 588. The molecule has 0 spiro atoms. The van der Waals surface area contributed by atoms with E-state index in [4.69, 9.17) is 0 Å². The number of aryl methyl sites for hydroxylation is 1. The minimum Gasteiger partial charge on any atom is -0.384 e. The molecular formula is C14H15N3O. The van der Waals surface area contributed by atoms with Gasteiger partial charge in [0, 0.05) is 25.0 Å². The molecule has 0 fully saturated rings. The van der Waals surface area contributed by atoms with E-state index >= 15 is 0 Å². The Morgan fingerprint density at radius 3 is 3.11 bits per heavy atom. The maximum Gasteiger partial charge on any atom is 0.190 e. The highest BCUT2D eigenvalue weighted by molar-refractivity contribution is 6.01. The van der Waals surface area contributed by atoms with Crippen molar-refractivity contribution in [2.75, 3.05) is 11.9 Å². The van der Waals surface area contributed by atoms with Crippen LogP contribution in [0.3, 0.4) is 0 Å². The van der Waals surface area contributed by atoms with E-state index in [2.05, 4.69) is 10.4 Å². The van der Waals surface area contributed by atoms with E-state index in [9.17, 15) is 4.79 Å². The van der Waals surface area contributed by atoms with Gasteiger partial charge in [0.05, 0.1) is 5.92 Å². The number of hydrogen-bond acceptors (Lipinski definition) is 3. The summed E-state index contributed by atoms with van der Waals surface area (Å²) in [6.07, 6.45) is 1.69. The molecule has 0 radical (unpaired) electrons. The number of rotatable bonds is 3. The molecule has 1 aliphatic rings. The summed E-state index contributed by atoms with van der Waals surface area (Å²) in [5.41, 5.74) is 2.85. The topological polar surface area (TPSA) is 46.9 Å². The van der Waals surface area contributed by atoms with E-state index in [1.54, 1.807) is 16.9 Å². The van der Waals surface area contributed by atoms with Gasteiger partial charge < -0.3 is 5.32 Å². The Morgan fingerprint density at radius 1 is 1.44 bits per heavy atom. The van der Waals surface area contributed by atoms with Crippen LogP contribution < -0.4 is 5.32 Å². The number of Topliss-reactive ketones (excluding diaryl/α,β-unsaturated/α-hetero) is 1. The van der Waals surface area contributed by atoms with Gasteiger partial charge in [-0.15, -0.1) is 0 Å². The van der Waals surface area contributed by atoms with E-state index in [1.807, 2.05) is 31.2 Å². The fraction of sp³-hybridized carbons (Fsp3) is 0.286. The minimum absolute atomic E-state index is 0.0943. The first-order chi connectivity index (χ1) is 8.81. The molecule has 4 heteroatoms. The molecule has 1 aliphatic heterocycles. The maximum atomic E-state index is 12.5. The van der Waals surface area contributed by atoms with Gasteiger partial charge in [-0.05, 0) is 24.6 Å². The first-order valence-electron chi connectivity index (χ1n) is 6.20. The molecule has 1 unspecified atom stereocenters. The average Bonchev–Trinajstić information content (AvgIpc) is 3.04. The summed E-state index contributed by atoms with van der Waals surface area (Å²) in [5.74, 6) is 0.0509. The number of aromatic nitrogens is 2. The quantitative estimate of drug-likeness (QED) is 0.839. The highest BCUT2D eigenvalue weighted by Gasteiger charge is 2.30. The molecule has 18 heavy (non-hydrogen) atoms. The summed E-state index contributed by atoms with van der Waals surface area (Å²) in [4.78, 5) is 12.5. The summed E-state index contributed by atoms with van der Waals surface area (Å²) in [5, 5.41) is 7.44. The van der Waals surface area contributed by atoms with Crippen molar-refractivity contribution in [2.45, 2.75) is 19.4 Å². The second-order valence-electron chi connectivity index (χ2n) is 4.42. The molecule has 1 aromatic carbocycles. The van der Waals surface area contributed by atoms with Crippen LogP contribution in [0.4, 0.5) is 5.69 Å². The van der Waals surface area contributed by atoms with Crippen LogP contribution in [0.1, 0.15) is 28.9 Å². The molecule has 0 amide bonds. The van der Waals surface area contributed by atoms with Gasteiger partial charge in [-0.1, -0.05) is 18.2 Å². The molecule has 2 heterocycles. The Morgan fingerprint density at radius 2 is 2.28 bits per heavy atom. The lowest BCUT2D eigenvalue weighted by Gasteiger charge is -2.10. The molecular weight excluding hydrogens is 226 g/mol. The first-order valence-corrected chi connectivity index (χ1v) is 6.20. The van der Waals surface area contributed by atoms with Gasteiger partial charge in [-0.3, -0.25) is 9.48 Å². The molecule has 3 rings (SSSR count). The van der Waals surface area contributed by atoms with Crippen molar-refractivity contribution in [1.82, 2.24) is 9.78 Å². The molecule has 2 aromatic rings. The SMILES string of the molecule is CCn1nccc1C(=O)C1CNc2ccccc21. The second kappa shape index (κ2) is 4.29. The van der Waals surface area contributed by atoms with Crippen molar-refractivity contribution < 1.29 is 4.79 Å². The van der Waals surface area contributed by atoms with Crippen molar-refractivity contribution >= 4 is 11.5 Å². The lowest BCUT2D eigenvalue weighted by Crippen LogP contribution is -2.18. The summed E-state index contributed by atoms with van der Waals surface area (Å²) in [7, 11) is 0. The highest BCUT2D eigenvalue weighted by Crippen LogP contribution is 2.33. The monoisotopic (exact) mass is 241 g/mol. The molecule has 4 nitrogen and oxygen atoms in total. The lowest BCUT2D eigenvalue weighted by atomic mass is 9.95. The summed E-state index contributed by atoms with van der Waals surface area (Å²) in [6.45, 7) is 3.38. The van der Waals surface area contributed by atoms with Crippen LogP contribution >= 0.6 is 0 Å². The summed E-state index contributed by atoms with van der Waals surface area (Å²) < 4.78 is 1.75. The summed E-state index contributed by atoms with van der Waals surface area (Å²) in [6, 6.07) is 9.79. The van der Waals surface area contributed by atoms with Gasteiger partial charge in [0.1, 0.15) is 5.69 Å². The van der Waals surface area contributed by atoms with E-state index in [1.165, 1.54) is 0 Å². The first kappa shape index (κ1) is 11.0. The predicted molar refractivity (Wildman–Crippen MR) is 69.9 cm³/mol. The van der Waals surface area contributed by atoms with Gasteiger partial charge in [-0.2, -0.15) is 5.10 Å². The number of ketones is 1. The minimum atomic E-state index is -0.0943.